The van der Waals surface area contributed by atoms with Crippen molar-refractivity contribution in [2.45, 2.75) is 19.3 Å². The standard InChI is InChI=1S/C23H28N4O2/c1-26(2)23(28)25-27-14-13-19(17-27)4-3-15-29-22-11-9-21(10-12-22)20-7-5-18(16-24)6-8-20/h5-12,19H,3-4,13-15,17H2,1-2H3,(H,25,28)/t19-/m1/s1. The molecule has 1 atom stereocenters. The largest absolute Gasteiger partial charge is 0.494 e. The van der Waals surface area contributed by atoms with Crippen LogP contribution in [0.3, 0.4) is 0 Å². The summed E-state index contributed by atoms with van der Waals surface area (Å²) < 4.78 is 5.88. The highest BCUT2D eigenvalue weighted by Gasteiger charge is 2.23. The minimum absolute atomic E-state index is 0.0709. The van der Waals surface area contributed by atoms with Crippen LogP contribution in [0.2, 0.25) is 0 Å². The predicted molar refractivity (Wildman–Crippen MR) is 113 cm³/mol. The zero-order chi connectivity index (χ0) is 20.6. The Labute approximate surface area is 172 Å². The highest BCUT2D eigenvalue weighted by molar-refractivity contribution is 5.72. The van der Waals surface area contributed by atoms with Crippen LogP contribution in [-0.2, 0) is 0 Å². The summed E-state index contributed by atoms with van der Waals surface area (Å²) in [5.74, 6) is 1.47. The van der Waals surface area contributed by atoms with Gasteiger partial charge in [-0.3, -0.25) is 5.43 Å². The first-order valence-electron chi connectivity index (χ1n) is 10.0. The molecule has 6 nitrogen and oxygen atoms in total. The Kier molecular flexibility index (Phi) is 7.09. The van der Waals surface area contributed by atoms with E-state index in [4.69, 9.17) is 10.00 Å². The van der Waals surface area contributed by atoms with Crippen LogP contribution in [0, 0.1) is 17.2 Å². The number of carbonyl (C=O) groups is 1. The Hall–Kier alpha value is -3.04. The first-order chi connectivity index (χ1) is 14.0. The highest BCUT2D eigenvalue weighted by atomic mass is 16.5. The highest BCUT2D eigenvalue weighted by Crippen LogP contribution is 2.24. The molecule has 1 saturated heterocycles. The van der Waals surface area contributed by atoms with Crippen molar-refractivity contribution < 1.29 is 9.53 Å². The number of carbonyl (C=O) groups excluding carboxylic acids is 1. The molecule has 2 aromatic carbocycles. The van der Waals surface area contributed by atoms with E-state index < -0.39 is 0 Å². The lowest BCUT2D eigenvalue weighted by Crippen LogP contribution is -2.45. The maximum atomic E-state index is 11.7. The molecule has 0 bridgehead atoms. The lowest BCUT2D eigenvalue weighted by Gasteiger charge is -2.20. The van der Waals surface area contributed by atoms with Crippen LogP contribution in [-0.4, -0.2) is 49.7 Å². The van der Waals surface area contributed by atoms with E-state index in [1.165, 1.54) is 0 Å². The average molecular weight is 393 g/mol. The maximum absolute atomic E-state index is 11.7. The van der Waals surface area contributed by atoms with Gasteiger partial charge in [0.25, 0.3) is 0 Å². The van der Waals surface area contributed by atoms with E-state index >= 15 is 0 Å². The normalized spacial score (nSPS) is 16.2. The monoisotopic (exact) mass is 392 g/mol. The maximum Gasteiger partial charge on any atom is 0.331 e. The number of urea groups is 1. The van der Waals surface area contributed by atoms with Crippen LogP contribution in [0.5, 0.6) is 5.75 Å². The molecule has 1 fully saturated rings. The molecular weight excluding hydrogens is 364 g/mol. The summed E-state index contributed by atoms with van der Waals surface area (Å²) in [4.78, 5) is 13.3. The van der Waals surface area contributed by atoms with Gasteiger partial charge in [0.2, 0.25) is 0 Å². The smallest absolute Gasteiger partial charge is 0.331 e. The lowest BCUT2D eigenvalue weighted by atomic mass is 10.0. The van der Waals surface area contributed by atoms with Crippen LogP contribution >= 0.6 is 0 Å². The molecule has 2 aromatic rings. The van der Waals surface area contributed by atoms with Crippen molar-refractivity contribution >= 4 is 6.03 Å². The molecule has 1 aliphatic rings. The van der Waals surface area contributed by atoms with Crippen LogP contribution in [0.1, 0.15) is 24.8 Å². The van der Waals surface area contributed by atoms with Gasteiger partial charge in [0.1, 0.15) is 5.75 Å². The zero-order valence-corrected chi connectivity index (χ0v) is 17.1. The summed E-state index contributed by atoms with van der Waals surface area (Å²) in [5.41, 5.74) is 5.78. The van der Waals surface area contributed by atoms with Gasteiger partial charge in [0.05, 0.1) is 18.2 Å². The van der Waals surface area contributed by atoms with Crippen molar-refractivity contribution in [3.63, 3.8) is 0 Å². The molecule has 1 aliphatic heterocycles. The third-order valence-electron chi connectivity index (χ3n) is 5.17. The lowest BCUT2D eigenvalue weighted by molar-refractivity contribution is 0.172. The number of benzene rings is 2. The fraction of sp³-hybridized carbons (Fsp3) is 0.391. The number of rotatable bonds is 7. The Morgan fingerprint density at radius 1 is 1.17 bits per heavy atom. The number of amides is 2. The van der Waals surface area contributed by atoms with Gasteiger partial charge in [0.15, 0.2) is 0 Å². The molecule has 3 rings (SSSR count). The number of hydrogen-bond donors (Lipinski definition) is 1. The van der Waals surface area contributed by atoms with Crippen LogP contribution in [0.15, 0.2) is 48.5 Å². The molecule has 0 aliphatic carbocycles. The molecule has 2 amide bonds. The third kappa shape index (κ3) is 5.97. The van der Waals surface area contributed by atoms with Crippen LogP contribution < -0.4 is 10.2 Å². The molecule has 29 heavy (non-hydrogen) atoms. The number of ether oxygens (including phenoxy) is 1. The van der Waals surface area contributed by atoms with E-state index in [2.05, 4.69) is 11.5 Å². The van der Waals surface area contributed by atoms with E-state index in [-0.39, 0.29) is 6.03 Å². The third-order valence-corrected chi connectivity index (χ3v) is 5.17. The van der Waals surface area contributed by atoms with E-state index in [1.54, 1.807) is 19.0 Å². The van der Waals surface area contributed by atoms with E-state index in [9.17, 15) is 4.79 Å². The minimum atomic E-state index is -0.0709. The summed E-state index contributed by atoms with van der Waals surface area (Å²) >= 11 is 0. The number of hydrogen-bond acceptors (Lipinski definition) is 4. The number of nitriles is 1. The summed E-state index contributed by atoms with van der Waals surface area (Å²) in [6.45, 7) is 2.50. The summed E-state index contributed by atoms with van der Waals surface area (Å²) in [7, 11) is 3.49. The summed E-state index contributed by atoms with van der Waals surface area (Å²) in [5, 5.41) is 10.9. The fourth-order valence-corrected chi connectivity index (χ4v) is 3.45. The Bertz CT molecular complexity index is 841. The molecule has 0 unspecified atom stereocenters. The van der Waals surface area contributed by atoms with Crippen molar-refractivity contribution in [1.29, 1.82) is 5.26 Å². The minimum Gasteiger partial charge on any atom is -0.494 e. The summed E-state index contributed by atoms with van der Waals surface area (Å²) in [6.07, 6.45) is 3.20. The van der Waals surface area contributed by atoms with Gasteiger partial charge in [-0.25, -0.2) is 9.80 Å². The quantitative estimate of drug-likeness (QED) is 0.726. The number of nitrogens with zero attached hydrogens (tertiary/aromatic N) is 3. The SMILES string of the molecule is CN(C)C(=O)NN1CC[C@@H](CCCOc2ccc(-c3ccc(C#N)cc3)cc2)C1. The Morgan fingerprint density at radius 3 is 2.45 bits per heavy atom. The van der Waals surface area contributed by atoms with Crippen molar-refractivity contribution in [1.82, 2.24) is 15.3 Å². The Balaban J connectivity index is 1.38. The van der Waals surface area contributed by atoms with Crippen molar-refractivity contribution in [2.75, 3.05) is 33.8 Å². The second kappa shape index (κ2) is 9.94. The van der Waals surface area contributed by atoms with E-state index in [0.717, 1.165) is 49.2 Å². The van der Waals surface area contributed by atoms with E-state index in [1.807, 2.05) is 53.5 Å². The topological polar surface area (TPSA) is 68.6 Å². The average Bonchev–Trinajstić information content (AvgIpc) is 3.19. The summed E-state index contributed by atoms with van der Waals surface area (Å²) in [6, 6.07) is 17.7. The molecule has 152 valence electrons. The molecule has 1 heterocycles. The number of hydrazine groups is 1. The van der Waals surface area contributed by atoms with Crippen molar-refractivity contribution in [3.05, 3.63) is 54.1 Å². The van der Waals surface area contributed by atoms with Gasteiger partial charge in [-0.1, -0.05) is 24.3 Å². The van der Waals surface area contributed by atoms with Crippen molar-refractivity contribution in [3.8, 4) is 22.9 Å². The van der Waals surface area contributed by atoms with Gasteiger partial charge in [-0.2, -0.15) is 5.26 Å². The van der Waals surface area contributed by atoms with Gasteiger partial charge in [-0.05, 0) is 60.6 Å². The molecular formula is C23H28N4O2. The molecule has 6 heteroatoms. The molecule has 1 N–H and O–H groups in total. The molecule has 0 saturated carbocycles. The van der Waals surface area contributed by atoms with Gasteiger partial charge >= 0.3 is 6.03 Å². The van der Waals surface area contributed by atoms with Crippen molar-refractivity contribution in [2.24, 2.45) is 5.92 Å². The van der Waals surface area contributed by atoms with Gasteiger partial charge < -0.3 is 9.64 Å². The second-order valence-corrected chi connectivity index (χ2v) is 7.62. The fourth-order valence-electron chi connectivity index (χ4n) is 3.45. The van der Waals surface area contributed by atoms with Gasteiger partial charge in [0, 0.05) is 27.2 Å². The Morgan fingerprint density at radius 2 is 1.83 bits per heavy atom. The second-order valence-electron chi connectivity index (χ2n) is 7.62. The number of nitrogens with one attached hydrogen (secondary N) is 1. The van der Waals surface area contributed by atoms with Gasteiger partial charge in [-0.15, -0.1) is 0 Å². The molecule has 0 radical (unpaired) electrons. The first kappa shape index (κ1) is 20.7. The van der Waals surface area contributed by atoms with Crippen LogP contribution in [0.4, 0.5) is 4.79 Å². The predicted octanol–water partition coefficient (Wildman–Crippen LogP) is 3.89. The first-order valence-corrected chi connectivity index (χ1v) is 10.0. The zero-order valence-electron chi connectivity index (χ0n) is 17.1. The van der Waals surface area contributed by atoms with E-state index in [0.29, 0.717) is 18.1 Å². The molecule has 0 aromatic heterocycles. The van der Waals surface area contributed by atoms with Crippen LogP contribution in [0.25, 0.3) is 11.1 Å². The molecule has 0 spiro atoms.